The van der Waals surface area contributed by atoms with E-state index in [1.54, 1.807) is 0 Å². The highest BCUT2D eigenvalue weighted by Crippen LogP contribution is 2.13. The average Bonchev–Trinajstić information content (AvgIpc) is 3.28. The zero-order valence-corrected chi connectivity index (χ0v) is 40.8. The van der Waals surface area contributed by atoms with Crippen LogP contribution in [-0.2, 0) is 28.6 Å². The van der Waals surface area contributed by atoms with Crippen LogP contribution in [0.2, 0.25) is 0 Å². The van der Waals surface area contributed by atoms with E-state index in [0.717, 1.165) is 135 Å². The van der Waals surface area contributed by atoms with Crippen LogP contribution in [0.4, 0.5) is 0 Å². The lowest BCUT2D eigenvalue weighted by Gasteiger charge is -2.18. The van der Waals surface area contributed by atoms with Crippen LogP contribution in [0.25, 0.3) is 0 Å². The molecule has 0 aromatic rings. The molecular weight excluding hydrogens is 781 g/mol. The molecule has 0 aromatic heterocycles. The van der Waals surface area contributed by atoms with Crippen LogP contribution in [0.1, 0.15) is 226 Å². The van der Waals surface area contributed by atoms with Gasteiger partial charge in [-0.05, 0) is 116 Å². The van der Waals surface area contributed by atoms with Gasteiger partial charge < -0.3 is 14.2 Å². The monoisotopic (exact) mass is 875 g/mol. The van der Waals surface area contributed by atoms with E-state index in [-0.39, 0.29) is 31.1 Å². The second kappa shape index (κ2) is 51.0. The van der Waals surface area contributed by atoms with Crippen molar-refractivity contribution in [3.8, 4) is 0 Å². The summed E-state index contributed by atoms with van der Waals surface area (Å²) in [4.78, 5) is 38.0. The SMILES string of the molecule is CC/C=C\C/C=C\C/C=C\C/C=C\C/C=C\CCCCCC(=O)OCC(COC(=O)CCCCCCC/C=C\CCCCC)OC(=O)CCCCCCC/C=C\C/C=C\CCCC. The van der Waals surface area contributed by atoms with Gasteiger partial charge >= 0.3 is 17.9 Å². The predicted molar refractivity (Wildman–Crippen MR) is 270 cm³/mol. The lowest BCUT2D eigenvalue weighted by atomic mass is 10.1. The first kappa shape index (κ1) is 59.3. The topological polar surface area (TPSA) is 78.9 Å². The molecule has 0 N–H and O–H groups in total. The molecule has 0 saturated carbocycles. The molecular formula is C57H94O6. The molecule has 0 aromatic carbocycles. The Morgan fingerprint density at radius 1 is 0.333 bits per heavy atom. The Balaban J connectivity index is 4.47. The number of carbonyl (C=O) groups excluding carboxylic acids is 3. The van der Waals surface area contributed by atoms with Crippen molar-refractivity contribution >= 4 is 17.9 Å². The Bertz CT molecular complexity index is 1280. The molecule has 0 aliphatic carbocycles. The van der Waals surface area contributed by atoms with E-state index in [2.05, 4.69) is 118 Å². The van der Waals surface area contributed by atoms with Crippen LogP contribution in [0.15, 0.2) is 97.2 Å². The minimum absolute atomic E-state index is 0.0995. The van der Waals surface area contributed by atoms with E-state index in [9.17, 15) is 14.4 Å². The Morgan fingerprint density at radius 2 is 0.635 bits per heavy atom. The van der Waals surface area contributed by atoms with Crippen molar-refractivity contribution < 1.29 is 28.6 Å². The molecule has 6 nitrogen and oxygen atoms in total. The summed E-state index contributed by atoms with van der Waals surface area (Å²) >= 11 is 0. The van der Waals surface area contributed by atoms with Crippen molar-refractivity contribution in [3.05, 3.63) is 97.2 Å². The third-order valence-electron chi connectivity index (χ3n) is 10.5. The number of hydrogen-bond acceptors (Lipinski definition) is 6. The van der Waals surface area contributed by atoms with Crippen LogP contribution >= 0.6 is 0 Å². The van der Waals surface area contributed by atoms with Gasteiger partial charge in [0, 0.05) is 19.3 Å². The zero-order chi connectivity index (χ0) is 45.8. The third kappa shape index (κ3) is 49.2. The highest BCUT2D eigenvalue weighted by atomic mass is 16.6. The number of esters is 3. The summed E-state index contributed by atoms with van der Waals surface area (Å²) in [7, 11) is 0. The number of allylic oxidation sites excluding steroid dienone is 16. The maximum absolute atomic E-state index is 12.8. The van der Waals surface area contributed by atoms with Gasteiger partial charge in [-0.15, -0.1) is 0 Å². The van der Waals surface area contributed by atoms with E-state index >= 15 is 0 Å². The zero-order valence-electron chi connectivity index (χ0n) is 40.8. The predicted octanol–water partition coefficient (Wildman–Crippen LogP) is 17.0. The van der Waals surface area contributed by atoms with Crippen molar-refractivity contribution in [1.82, 2.24) is 0 Å². The molecule has 1 atom stereocenters. The molecule has 0 spiro atoms. The van der Waals surface area contributed by atoms with Crippen LogP contribution in [-0.4, -0.2) is 37.2 Å². The number of rotatable bonds is 45. The first-order chi connectivity index (χ1) is 31.0. The van der Waals surface area contributed by atoms with Gasteiger partial charge in [-0.25, -0.2) is 0 Å². The lowest BCUT2D eigenvalue weighted by molar-refractivity contribution is -0.167. The van der Waals surface area contributed by atoms with E-state index < -0.39 is 6.10 Å². The third-order valence-corrected chi connectivity index (χ3v) is 10.5. The molecule has 0 rings (SSSR count). The summed E-state index contributed by atoms with van der Waals surface area (Å²) < 4.78 is 16.7. The number of ether oxygens (including phenoxy) is 3. The first-order valence-corrected chi connectivity index (χ1v) is 25.7. The first-order valence-electron chi connectivity index (χ1n) is 25.7. The van der Waals surface area contributed by atoms with Gasteiger partial charge in [0.15, 0.2) is 6.10 Å². The molecule has 0 aliphatic rings. The summed E-state index contributed by atoms with van der Waals surface area (Å²) in [6, 6.07) is 0. The summed E-state index contributed by atoms with van der Waals surface area (Å²) in [6.07, 6.45) is 66.7. The summed E-state index contributed by atoms with van der Waals surface area (Å²) in [5, 5.41) is 0. The average molecular weight is 875 g/mol. The van der Waals surface area contributed by atoms with Crippen LogP contribution < -0.4 is 0 Å². The Kier molecular flexibility index (Phi) is 48.0. The number of hydrogen-bond donors (Lipinski definition) is 0. The van der Waals surface area contributed by atoms with E-state index in [0.29, 0.717) is 19.3 Å². The minimum atomic E-state index is -0.802. The molecule has 358 valence electrons. The van der Waals surface area contributed by atoms with Crippen molar-refractivity contribution in [2.75, 3.05) is 13.2 Å². The maximum Gasteiger partial charge on any atom is 0.306 e. The van der Waals surface area contributed by atoms with Crippen molar-refractivity contribution in [2.45, 2.75) is 232 Å². The van der Waals surface area contributed by atoms with Crippen LogP contribution in [0, 0.1) is 0 Å². The quantitative estimate of drug-likeness (QED) is 0.0262. The van der Waals surface area contributed by atoms with Gasteiger partial charge in [-0.1, -0.05) is 189 Å². The largest absolute Gasteiger partial charge is 0.462 e. The molecule has 0 heterocycles. The molecule has 63 heavy (non-hydrogen) atoms. The summed E-state index contributed by atoms with van der Waals surface area (Å²) in [6.45, 7) is 6.40. The van der Waals surface area contributed by atoms with E-state index in [4.69, 9.17) is 14.2 Å². The fourth-order valence-electron chi connectivity index (χ4n) is 6.65. The molecule has 0 saturated heterocycles. The smallest absolute Gasteiger partial charge is 0.306 e. The molecule has 0 bridgehead atoms. The van der Waals surface area contributed by atoms with Gasteiger partial charge in [0.25, 0.3) is 0 Å². The molecule has 0 aliphatic heterocycles. The van der Waals surface area contributed by atoms with Crippen molar-refractivity contribution in [3.63, 3.8) is 0 Å². The maximum atomic E-state index is 12.8. The fourth-order valence-corrected chi connectivity index (χ4v) is 6.65. The number of carbonyl (C=O) groups is 3. The fraction of sp³-hybridized carbons (Fsp3) is 0.667. The van der Waals surface area contributed by atoms with E-state index in [1.807, 2.05) is 0 Å². The van der Waals surface area contributed by atoms with Crippen molar-refractivity contribution in [2.24, 2.45) is 0 Å². The minimum Gasteiger partial charge on any atom is -0.462 e. The van der Waals surface area contributed by atoms with Crippen molar-refractivity contribution in [1.29, 1.82) is 0 Å². The molecule has 1 unspecified atom stereocenters. The summed E-state index contributed by atoms with van der Waals surface area (Å²) in [5.74, 6) is -0.960. The van der Waals surface area contributed by atoms with Gasteiger partial charge in [0.1, 0.15) is 13.2 Å². The van der Waals surface area contributed by atoms with Crippen LogP contribution in [0.5, 0.6) is 0 Å². The Morgan fingerprint density at radius 3 is 1.05 bits per heavy atom. The molecule has 0 amide bonds. The number of unbranched alkanes of at least 4 members (excludes halogenated alkanes) is 18. The Labute approximate surface area is 387 Å². The standard InChI is InChI=1S/C57H94O6/c1-4-7-10-13-16-19-22-25-27-28-29-30-31-33-35-38-41-44-47-50-56(59)62-53-54(52-61-55(58)49-46-43-40-37-34-24-21-18-15-12-9-6-3)63-57(60)51-48-45-42-39-36-32-26-23-20-17-14-11-8-5-2/h7,10,14,16-19,21,23,25-27,29-30,33,35,54H,4-6,8-9,11-13,15,20,22,24,28,31-32,34,36-53H2,1-3H3/b10-7-,17-14-,19-16-,21-18-,26-23-,27-25-,30-29-,35-33-. The lowest BCUT2D eigenvalue weighted by Crippen LogP contribution is -2.30. The molecule has 6 heteroatoms. The van der Waals surface area contributed by atoms with Crippen LogP contribution in [0.3, 0.4) is 0 Å². The van der Waals surface area contributed by atoms with Gasteiger partial charge in [-0.3, -0.25) is 14.4 Å². The van der Waals surface area contributed by atoms with Gasteiger partial charge in [0.2, 0.25) is 0 Å². The molecule has 0 fully saturated rings. The highest BCUT2D eigenvalue weighted by molar-refractivity contribution is 5.71. The van der Waals surface area contributed by atoms with Gasteiger partial charge in [-0.2, -0.15) is 0 Å². The second-order valence-electron chi connectivity index (χ2n) is 16.7. The summed E-state index contributed by atoms with van der Waals surface area (Å²) in [5.41, 5.74) is 0. The Hall–Kier alpha value is -3.67. The van der Waals surface area contributed by atoms with Gasteiger partial charge in [0.05, 0.1) is 0 Å². The molecule has 0 radical (unpaired) electrons. The highest BCUT2D eigenvalue weighted by Gasteiger charge is 2.19. The second-order valence-corrected chi connectivity index (χ2v) is 16.7. The normalized spacial score (nSPS) is 12.9. The van der Waals surface area contributed by atoms with E-state index in [1.165, 1.54) is 51.4 Å².